The second kappa shape index (κ2) is 5.61. The van der Waals surface area contributed by atoms with E-state index < -0.39 is 29.1 Å². The summed E-state index contributed by atoms with van der Waals surface area (Å²) in [5.41, 5.74) is -1.15. The highest BCUT2D eigenvalue weighted by Crippen LogP contribution is 2.35. The Balaban J connectivity index is 3.19. The lowest BCUT2D eigenvalue weighted by atomic mass is 9.91. The highest BCUT2D eigenvalue weighted by atomic mass is 19.4. The lowest BCUT2D eigenvalue weighted by Crippen LogP contribution is -2.18. The minimum atomic E-state index is -4.59. The molecule has 0 unspecified atom stereocenters. The van der Waals surface area contributed by atoms with Crippen LogP contribution in [0, 0.1) is 10.1 Å². The zero-order valence-electron chi connectivity index (χ0n) is 9.18. The third kappa shape index (κ3) is 3.54. The molecule has 0 saturated carbocycles. The first-order valence-corrected chi connectivity index (χ1v) is 5.07. The molecule has 0 N–H and O–H groups in total. The molecular formula is C11H10F3NO3. The molecule has 4 nitrogen and oxygen atoms in total. The number of halogens is 3. The standard InChI is InChI=1S/C11H10F3NO3/c12-11(13,14)10-4-2-1-3-9(10)8(5-6-16)7-15(17)18/h1-4,6,8H,5,7H2/t8-/m0/s1. The number of aldehydes is 1. The van der Waals surface area contributed by atoms with Crippen LogP contribution in [0.15, 0.2) is 24.3 Å². The molecule has 0 aliphatic rings. The Bertz CT molecular complexity index is 445. The molecule has 98 valence electrons. The predicted octanol–water partition coefficient (Wildman–Crippen LogP) is 2.65. The molecule has 0 spiro atoms. The van der Waals surface area contributed by atoms with Crippen LogP contribution in [0.2, 0.25) is 0 Å². The lowest BCUT2D eigenvalue weighted by molar-refractivity contribution is -0.483. The molecule has 1 aromatic carbocycles. The maximum absolute atomic E-state index is 12.7. The van der Waals surface area contributed by atoms with Crippen molar-refractivity contribution in [3.05, 3.63) is 45.5 Å². The summed E-state index contributed by atoms with van der Waals surface area (Å²) >= 11 is 0. The molecule has 0 aliphatic carbocycles. The van der Waals surface area contributed by atoms with Crippen molar-refractivity contribution in [2.45, 2.75) is 18.5 Å². The molecule has 0 amide bonds. The molecule has 0 fully saturated rings. The topological polar surface area (TPSA) is 60.2 Å². The van der Waals surface area contributed by atoms with Crippen molar-refractivity contribution in [3.63, 3.8) is 0 Å². The normalized spacial score (nSPS) is 13.1. The molecule has 0 aliphatic heterocycles. The van der Waals surface area contributed by atoms with Crippen molar-refractivity contribution in [2.24, 2.45) is 0 Å². The highest BCUT2D eigenvalue weighted by molar-refractivity contribution is 5.52. The summed E-state index contributed by atoms with van der Waals surface area (Å²) in [5, 5.41) is 10.4. The van der Waals surface area contributed by atoms with E-state index in [0.29, 0.717) is 6.29 Å². The van der Waals surface area contributed by atoms with E-state index in [0.717, 1.165) is 6.07 Å². The average Bonchev–Trinajstić information content (AvgIpc) is 2.27. The van der Waals surface area contributed by atoms with E-state index in [-0.39, 0.29) is 12.0 Å². The van der Waals surface area contributed by atoms with Gasteiger partial charge >= 0.3 is 6.18 Å². The Kier molecular flexibility index (Phi) is 4.41. The fourth-order valence-electron chi connectivity index (χ4n) is 1.71. The monoisotopic (exact) mass is 261 g/mol. The Hall–Kier alpha value is -1.92. The van der Waals surface area contributed by atoms with Gasteiger partial charge in [-0.3, -0.25) is 10.1 Å². The Labute approximate surface area is 101 Å². The van der Waals surface area contributed by atoms with Crippen LogP contribution in [-0.4, -0.2) is 17.8 Å². The quantitative estimate of drug-likeness (QED) is 0.465. The SMILES string of the molecule is O=CC[C@@H](C[N+](=O)[O-])c1ccccc1C(F)(F)F. The van der Waals surface area contributed by atoms with Crippen molar-refractivity contribution < 1.29 is 22.9 Å². The Morgan fingerprint density at radius 1 is 1.33 bits per heavy atom. The van der Waals surface area contributed by atoms with Crippen LogP contribution >= 0.6 is 0 Å². The van der Waals surface area contributed by atoms with E-state index >= 15 is 0 Å². The molecule has 0 saturated heterocycles. The zero-order chi connectivity index (χ0) is 13.8. The Morgan fingerprint density at radius 3 is 2.44 bits per heavy atom. The van der Waals surface area contributed by atoms with Gasteiger partial charge in [-0.25, -0.2) is 0 Å². The zero-order valence-corrected chi connectivity index (χ0v) is 9.18. The minimum absolute atomic E-state index is 0.214. The van der Waals surface area contributed by atoms with Crippen LogP contribution in [-0.2, 0) is 11.0 Å². The Morgan fingerprint density at radius 2 is 1.94 bits per heavy atom. The van der Waals surface area contributed by atoms with Gasteiger partial charge in [0.05, 0.1) is 11.5 Å². The van der Waals surface area contributed by atoms with Gasteiger partial charge in [-0.05, 0) is 11.6 Å². The van der Waals surface area contributed by atoms with E-state index in [2.05, 4.69) is 0 Å². The minimum Gasteiger partial charge on any atom is -0.303 e. The molecule has 0 radical (unpaired) electrons. The summed E-state index contributed by atoms with van der Waals surface area (Å²) in [7, 11) is 0. The van der Waals surface area contributed by atoms with Crippen LogP contribution < -0.4 is 0 Å². The molecule has 0 aromatic heterocycles. The van der Waals surface area contributed by atoms with Crippen molar-refractivity contribution in [3.8, 4) is 0 Å². The molecule has 1 aromatic rings. The van der Waals surface area contributed by atoms with E-state index in [1.165, 1.54) is 18.2 Å². The number of hydrogen-bond acceptors (Lipinski definition) is 3. The largest absolute Gasteiger partial charge is 0.416 e. The molecule has 1 atom stereocenters. The molecule has 7 heteroatoms. The number of nitro groups is 1. The van der Waals surface area contributed by atoms with Crippen LogP contribution in [0.1, 0.15) is 23.5 Å². The van der Waals surface area contributed by atoms with Gasteiger partial charge in [0.2, 0.25) is 6.54 Å². The number of carbonyl (C=O) groups is 1. The number of rotatable bonds is 5. The van der Waals surface area contributed by atoms with Crippen molar-refractivity contribution in [2.75, 3.05) is 6.54 Å². The molecule has 0 bridgehead atoms. The molecule has 18 heavy (non-hydrogen) atoms. The second-order valence-corrected chi connectivity index (χ2v) is 3.70. The van der Waals surface area contributed by atoms with E-state index in [9.17, 15) is 28.1 Å². The number of alkyl halides is 3. The maximum Gasteiger partial charge on any atom is 0.416 e. The number of carbonyl (C=O) groups excluding carboxylic acids is 1. The van der Waals surface area contributed by atoms with Gasteiger partial charge in [-0.15, -0.1) is 0 Å². The summed E-state index contributed by atoms with van der Waals surface area (Å²) in [6.07, 6.45) is -4.51. The fourth-order valence-corrected chi connectivity index (χ4v) is 1.71. The average molecular weight is 261 g/mol. The van der Waals surface area contributed by atoms with Gasteiger partial charge in [-0.1, -0.05) is 18.2 Å². The smallest absolute Gasteiger partial charge is 0.303 e. The van der Waals surface area contributed by atoms with Crippen LogP contribution in [0.25, 0.3) is 0 Å². The summed E-state index contributed by atoms with van der Waals surface area (Å²) in [6, 6.07) is 4.59. The second-order valence-electron chi connectivity index (χ2n) is 3.70. The van der Waals surface area contributed by atoms with E-state index in [4.69, 9.17) is 0 Å². The highest BCUT2D eigenvalue weighted by Gasteiger charge is 2.35. The molecule has 0 heterocycles. The molecule has 1 rings (SSSR count). The molecular weight excluding hydrogens is 251 g/mol. The van der Waals surface area contributed by atoms with Gasteiger partial charge in [-0.2, -0.15) is 13.2 Å². The van der Waals surface area contributed by atoms with Crippen LogP contribution in [0.5, 0.6) is 0 Å². The number of hydrogen-bond donors (Lipinski definition) is 0. The van der Waals surface area contributed by atoms with Gasteiger partial charge in [0.1, 0.15) is 6.29 Å². The fraction of sp³-hybridized carbons (Fsp3) is 0.364. The summed E-state index contributed by atoms with van der Waals surface area (Å²) < 4.78 is 38.2. The first-order chi connectivity index (χ1) is 8.36. The predicted molar refractivity (Wildman–Crippen MR) is 56.7 cm³/mol. The van der Waals surface area contributed by atoms with Crippen molar-refractivity contribution in [1.82, 2.24) is 0 Å². The van der Waals surface area contributed by atoms with E-state index in [1.807, 2.05) is 0 Å². The van der Waals surface area contributed by atoms with Crippen molar-refractivity contribution >= 4 is 6.29 Å². The number of nitrogens with zero attached hydrogens (tertiary/aromatic N) is 1. The van der Waals surface area contributed by atoms with Gasteiger partial charge < -0.3 is 4.79 Å². The first-order valence-electron chi connectivity index (χ1n) is 5.07. The summed E-state index contributed by atoms with van der Waals surface area (Å²) in [4.78, 5) is 20.1. The summed E-state index contributed by atoms with van der Waals surface area (Å²) in [6.45, 7) is -0.703. The van der Waals surface area contributed by atoms with Gasteiger partial charge in [0, 0.05) is 11.3 Å². The number of benzene rings is 1. The van der Waals surface area contributed by atoms with Gasteiger partial charge in [0.25, 0.3) is 0 Å². The lowest BCUT2D eigenvalue weighted by Gasteiger charge is -2.17. The van der Waals surface area contributed by atoms with Gasteiger partial charge in [0.15, 0.2) is 0 Å². The third-order valence-electron chi connectivity index (χ3n) is 2.46. The summed E-state index contributed by atoms with van der Waals surface area (Å²) in [5.74, 6) is -1.06. The van der Waals surface area contributed by atoms with Crippen molar-refractivity contribution in [1.29, 1.82) is 0 Å². The maximum atomic E-state index is 12.7. The van der Waals surface area contributed by atoms with E-state index in [1.54, 1.807) is 0 Å². The van der Waals surface area contributed by atoms with Crippen LogP contribution in [0.4, 0.5) is 13.2 Å². The third-order valence-corrected chi connectivity index (χ3v) is 2.46. The first kappa shape index (κ1) is 14.1. The van der Waals surface area contributed by atoms with Crippen LogP contribution in [0.3, 0.4) is 0 Å².